The van der Waals surface area contributed by atoms with Gasteiger partial charge in [0.25, 0.3) is 0 Å². The number of amides is 2. The van der Waals surface area contributed by atoms with E-state index >= 15 is 0 Å². The van der Waals surface area contributed by atoms with Gasteiger partial charge in [0, 0.05) is 44.2 Å². The zero-order valence-electron chi connectivity index (χ0n) is 17.7. The Morgan fingerprint density at radius 1 is 1.07 bits per heavy atom. The van der Waals surface area contributed by atoms with Crippen LogP contribution in [0.25, 0.3) is 6.08 Å². The highest BCUT2D eigenvalue weighted by molar-refractivity contribution is 7.89. The van der Waals surface area contributed by atoms with Crippen molar-refractivity contribution in [2.45, 2.75) is 50.5 Å². The average molecular weight is 434 g/mol. The molecule has 0 bridgehead atoms. The second kappa shape index (κ2) is 9.75. The zero-order valence-corrected chi connectivity index (χ0v) is 18.5. The van der Waals surface area contributed by atoms with Crippen molar-refractivity contribution in [1.82, 2.24) is 14.5 Å². The van der Waals surface area contributed by atoms with E-state index in [4.69, 9.17) is 0 Å². The summed E-state index contributed by atoms with van der Waals surface area (Å²) >= 11 is 0. The van der Waals surface area contributed by atoms with Crippen LogP contribution < -0.4 is 4.72 Å². The first-order valence-electron chi connectivity index (χ1n) is 10.7. The van der Waals surface area contributed by atoms with Gasteiger partial charge in [0.05, 0.1) is 4.90 Å². The van der Waals surface area contributed by atoms with Crippen molar-refractivity contribution in [3.63, 3.8) is 0 Å². The summed E-state index contributed by atoms with van der Waals surface area (Å²) in [6.45, 7) is 6.55. The molecule has 164 valence electrons. The normalized spacial score (nSPS) is 18.0. The summed E-state index contributed by atoms with van der Waals surface area (Å²) < 4.78 is 27.1. The van der Waals surface area contributed by atoms with E-state index in [-0.39, 0.29) is 28.7 Å². The zero-order chi connectivity index (χ0) is 21.7. The number of carbonyl (C=O) groups excluding carboxylic acids is 2. The van der Waals surface area contributed by atoms with Crippen LogP contribution in [0.5, 0.6) is 0 Å². The lowest BCUT2D eigenvalue weighted by Crippen LogP contribution is -2.44. The van der Waals surface area contributed by atoms with Gasteiger partial charge in [-0.15, -0.1) is 0 Å². The lowest BCUT2D eigenvalue weighted by Gasteiger charge is -2.33. The molecule has 0 radical (unpaired) electrons. The molecule has 0 atom stereocenters. The van der Waals surface area contributed by atoms with Gasteiger partial charge in [0.15, 0.2) is 0 Å². The quantitative estimate of drug-likeness (QED) is 0.637. The molecule has 0 aromatic heterocycles. The van der Waals surface area contributed by atoms with Crippen LogP contribution in [0.3, 0.4) is 0 Å². The molecule has 1 heterocycles. The van der Waals surface area contributed by atoms with Crippen molar-refractivity contribution in [3.05, 3.63) is 35.9 Å². The molecule has 1 N–H and O–H groups in total. The van der Waals surface area contributed by atoms with Crippen LogP contribution >= 0.6 is 0 Å². The third kappa shape index (κ3) is 5.70. The van der Waals surface area contributed by atoms with E-state index in [1.54, 1.807) is 35.2 Å². The molecule has 2 aliphatic rings. The molecular formula is C22H31N3O4S. The summed E-state index contributed by atoms with van der Waals surface area (Å²) in [4.78, 5) is 28.8. The Hall–Kier alpha value is -2.19. The minimum Gasteiger partial charge on any atom is -0.343 e. The van der Waals surface area contributed by atoms with Gasteiger partial charge in [0.1, 0.15) is 0 Å². The molecule has 7 nitrogen and oxygen atoms in total. The fourth-order valence-corrected chi connectivity index (χ4v) is 4.96. The van der Waals surface area contributed by atoms with Crippen LogP contribution in [0.1, 0.15) is 45.1 Å². The maximum absolute atomic E-state index is 12.5. The number of likely N-dealkylation sites (tertiary alicyclic amines) is 1. The smallest absolute Gasteiger partial charge is 0.246 e. The molecule has 8 heteroatoms. The van der Waals surface area contributed by atoms with E-state index in [0.717, 1.165) is 18.4 Å². The Bertz CT molecular complexity index is 879. The van der Waals surface area contributed by atoms with Gasteiger partial charge < -0.3 is 9.80 Å². The molecule has 1 aromatic rings. The Balaban J connectivity index is 1.52. The van der Waals surface area contributed by atoms with Crippen LogP contribution in [0.15, 0.2) is 35.2 Å². The summed E-state index contributed by atoms with van der Waals surface area (Å²) in [5, 5.41) is 0. The molecule has 1 aromatic carbocycles. The Kier molecular flexibility index (Phi) is 7.31. The molecule has 1 aliphatic heterocycles. The molecule has 2 amide bonds. The molecule has 30 heavy (non-hydrogen) atoms. The lowest BCUT2D eigenvalue weighted by molar-refractivity contribution is -0.139. The topological polar surface area (TPSA) is 86.8 Å². The number of piperidine rings is 1. The van der Waals surface area contributed by atoms with Gasteiger partial charge in [-0.05, 0) is 63.3 Å². The monoisotopic (exact) mass is 433 g/mol. The van der Waals surface area contributed by atoms with Crippen molar-refractivity contribution in [2.24, 2.45) is 5.92 Å². The standard InChI is InChI=1S/C22H31N3O4S/c1-3-24(4-2)22(27)18-13-15-25(16-14-18)21(26)12-7-17-5-10-20(11-6-17)30(28,29)23-19-8-9-19/h5-7,10-12,18-19,23H,3-4,8-9,13-16H2,1-2H3/b12-7+. The minimum absolute atomic E-state index is 0.00308. The van der Waals surface area contributed by atoms with E-state index in [0.29, 0.717) is 39.0 Å². The first-order chi connectivity index (χ1) is 14.3. The number of benzene rings is 1. The predicted octanol–water partition coefficient (Wildman–Crippen LogP) is 2.25. The number of rotatable bonds is 8. The SMILES string of the molecule is CCN(CC)C(=O)C1CCN(C(=O)/C=C/c2ccc(S(=O)(=O)NC3CC3)cc2)CC1. The number of hydrogen-bond donors (Lipinski definition) is 1. The van der Waals surface area contributed by atoms with Gasteiger partial charge in [0.2, 0.25) is 21.8 Å². The third-order valence-electron chi connectivity index (χ3n) is 5.74. The highest BCUT2D eigenvalue weighted by Gasteiger charge is 2.29. The van der Waals surface area contributed by atoms with Gasteiger partial charge in [-0.25, -0.2) is 13.1 Å². The van der Waals surface area contributed by atoms with E-state index in [1.807, 2.05) is 18.7 Å². The van der Waals surface area contributed by atoms with Crippen LogP contribution in [-0.2, 0) is 19.6 Å². The van der Waals surface area contributed by atoms with Crippen molar-refractivity contribution in [3.8, 4) is 0 Å². The van der Waals surface area contributed by atoms with E-state index in [1.165, 1.54) is 6.08 Å². The first-order valence-corrected chi connectivity index (χ1v) is 12.2. The summed E-state index contributed by atoms with van der Waals surface area (Å²) in [6, 6.07) is 6.57. The Morgan fingerprint density at radius 3 is 2.20 bits per heavy atom. The Morgan fingerprint density at radius 2 is 1.67 bits per heavy atom. The van der Waals surface area contributed by atoms with Crippen LogP contribution in [0.2, 0.25) is 0 Å². The van der Waals surface area contributed by atoms with Crippen molar-refractivity contribution < 1.29 is 18.0 Å². The van der Waals surface area contributed by atoms with E-state index < -0.39 is 10.0 Å². The molecule has 1 aliphatic carbocycles. The molecule has 1 saturated carbocycles. The van der Waals surface area contributed by atoms with Crippen molar-refractivity contribution in [2.75, 3.05) is 26.2 Å². The number of hydrogen-bond acceptors (Lipinski definition) is 4. The van der Waals surface area contributed by atoms with Gasteiger partial charge in [-0.3, -0.25) is 9.59 Å². The predicted molar refractivity (Wildman–Crippen MR) is 116 cm³/mol. The van der Waals surface area contributed by atoms with Gasteiger partial charge in [-0.1, -0.05) is 12.1 Å². The maximum Gasteiger partial charge on any atom is 0.246 e. The second-order valence-corrected chi connectivity index (χ2v) is 9.62. The highest BCUT2D eigenvalue weighted by Crippen LogP contribution is 2.23. The largest absolute Gasteiger partial charge is 0.343 e. The molecular weight excluding hydrogens is 402 g/mol. The summed E-state index contributed by atoms with van der Waals surface area (Å²) in [5.74, 6) is 0.0985. The van der Waals surface area contributed by atoms with E-state index in [9.17, 15) is 18.0 Å². The lowest BCUT2D eigenvalue weighted by atomic mass is 9.95. The third-order valence-corrected chi connectivity index (χ3v) is 7.28. The number of carbonyl (C=O) groups is 2. The minimum atomic E-state index is -3.46. The van der Waals surface area contributed by atoms with Crippen LogP contribution in [-0.4, -0.2) is 62.3 Å². The summed E-state index contributed by atoms with van der Waals surface area (Å²) in [6.07, 6.45) is 6.37. The van der Waals surface area contributed by atoms with Gasteiger partial charge in [-0.2, -0.15) is 0 Å². The fraction of sp³-hybridized carbons (Fsp3) is 0.545. The fourth-order valence-electron chi connectivity index (χ4n) is 3.66. The summed E-state index contributed by atoms with van der Waals surface area (Å²) in [5.41, 5.74) is 0.764. The second-order valence-electron chi connectivity index (χ2n) is 7.91. The Labute approximate surface area is 179 Å². The molecule has 3 rings (SSSR count). The number of nitrogens with one attached hydrogen (secondary N) is 1. The molecule has 0 spiro atoms. The van der Waals surface area contributed by atoms with Crippen molar-refractivity contribution in [1.29, 1.82) is 0 Å². The average Bonchev–Trinajstić information content (AvgIpc) is 3.56. The molecule has 0 unspecified atom stereocenters. The van der Waals surface area contributed by atoms with Crippen LogP contribution in [0, 0.1) is 5.92 Å². The number of nitrogens with zero attached hydrogens (tertiary/aromatic N) is 2. The van der Waals surface area contributed by atoms with Crippen LogP contribution in [0.4, 0.5) is 0 Å². The van der Waals surface area contributed by atoms with Crippen molar-refractivity contribution >= 4 is 27.9 Å². The highest BCUT2D eigenvalue weighted by atomic mass is 32.2. The molecule has 2 fully saturated rings. The first kappa shape index (κ1) is 22.5. The molecule has 1 saturated heterocycles. The summed E-state index contributed by atoms with van der Waals surface area (Å²) in [7, 11) is -3.46. The van der Waals surface area contributed by atoms with E-state index in [2.05, 4.69) is 4.72 Å². The van der Waals surface area contributed by atoms with Gasteiger partial charge >= 0.3 is 0 Å². The number of sulfonamides is 1. The maximum atomic E-state index is 12.5.